The zero-order valence-corrected chi connectivity index (χ0v) is 17.7. The second-order valence-corrected chi connectivity index (χ2v) is 7.96. The summed E-state index contributed by atoms with van der Waals surface area (Å²) in [6.07, 6.45) is 6.00. The van der Waals surface area contributed by atoms with E-state index in [2.05, 4.69) is 119 Å². The monoisotopic (exact) mass is 410 g/mol. The first-order valence-electron chi connectivity index (χ1n) is 10.8. The number of benzene rings is 4. The van der Waals surface area contributed by atoms with E-state index in [1.54, 1.807) is 0 Å². The minimum Gasteiger partial charge on any atom is -0.315 e. The molecular formula is C30H22N2. The van der Waals surface area contributed by atoms with Gasteiger partial charge in [0.25, 0.3) is 0 Å². The molecule has 6 aromatic rings. The van der Waals surface area contributed by atoms with Crippen molar-refractivity contribution in [3.05, 3.63) is 121 Å². The maximum atomic E-state index is 4.12. The molecule has 0 bridgehead atoms. The van der Waals surface area contributed by atoms with Crippen LogP contribution in [0.3, 0.4) is 0 Å². The van der Waals surface area contributed by atoms with Gasteiger partial charge in [0.05, 0.1) is 22.2 Å². The number of hydrogen-bond acceptors (Lipinski definition) is 0. The Bertz CT molecular complexity index is 1650. The van der Waals surface area contributed by atoms with Gasteiger partial charge in [0.1, 0.15) is 0 Å². The Balaban J connectivity index is 1.86. The van der Waals surface area contributed by atoms with Gasteiger partial charge in [-0.05, 0) is 35.9 Å². The molecule has 152 valence electrons. The Kier molecular flexibility index (Phi) is 4.12. The Labute approximate surface area is 187 Å². The Hall–Kier alpha value is -4.30. The number of fused-ring (bicyclic) bond motifs is 5. The van der Waals surface area contributed by atoms with Gasteiger partial charge in [-0.15, -0.1) is 0 Å². The molecule has 0 spiro atoms. The average Bonchev–Trinajstić information content (AvgIpc) is 3.43. The van der Waals surface area contributed by atoms with Crippen molar-refractivity contribution in [1.29, 1.82) is 0 Å². The van der Waals surface area contributed by atoms with E-state index in [9.17, 15) is 0 Å². The summed E-state index contributed by atoms with van der Waals surface area (Å²) >= 11 is 0. The van der Waals surface area contributed by atoms with Crippen LogP contribution in [0.15, 0.2) is 110 Å². The molecule has 2 nitrogen and oxygen atoms in total. The van der Waals surface area contributed by atoms with Crippen molar-refractivity contribution in [2.45, 2.75) is 0 Å². The molecule has 0 atom stereocenters. The van der Waals surface area contributed by atoms with Crippen LogP contribution in [0, 0.1) is 0 Å². The highest BCUT2D eigenvalue weighted by atomic mass is 15.0. The lowest BCUT2D eigenvalue weighted by molar-refractivity contribution is 1.11. The molecule has 0 saturated heterocycles. The summed E-state index contributed by atoms with van der Waals surface area (Å²) in [6.45, 7) is 8.14. The van der Waals surface area contributed by atoms with Crippen molar-refractivity contribution in [3.63, 3.8) is 0 Å². The standard InChI is InChI=1S/C30H22N2/c1-3-21-11-10-16-27(24(21)4-2)32-28-15-9-8-14-25(28)26-18-17-22-19-20-31(29(22)30(26)32)23-12-6-5-7-13-23/h3-20H,1-2H2. The first-order valence-corrected chi connectivity index (χ1v) is 10.8. The molecule has 0 fully saturated rings. The molecule has 0 N–H and O–H groups in total. The second kappa shape index (κ2) is 7.14. The Morgan fingerprint density at radius 1 is 0.625 bits per heavy atom. The van der Waals surface area contributed by atoms with Crippen molar-refractivity contribution in [2.75, 3.05) is 0 Å². The molecule has 0 aliphatic heterocycles. The van der Waals surface area contributed by atoms with Gasteiger partial charge >= 0.3 is 0 Å². The molecule has 0 aliphatic carbocycles. The first kappa shape index (κ1) is 18.5. The predicted molar refractivity (Wildman–Crippen MR) is 138 cm³/mol. The maximum absolute atomic E-state index is 4.12. The lowest BCUT2D eigenvalue weighted by Gasteiger charge is -2.15. The third-order valence-corrected chi connectivity index (χ3v) is 6.30. The van der Waals surface area contributed by atoms with Crippen LogP contribution in [0.4, 0.5) is 0 Å². The third kappa shape index (κ3) is 2.53. The molecule has 0 amide bonds. The molecule has 2 heterocycles. The zero-order chi connectivity index (χ0) is 21.7. The van der Waals surface area contributed by atoms with Gasteiger partial charge in [0, 0.05) is 33.6 Å². The van der Waals surface area contributed by atoms with Gasteiger partial charge < -0.3 is 9.13 Å². The van der Waals surface area contributed by atoms with Crippen LogP contribution in [-0.4, -0.2) is 9.13 Å². The average molecular weight is 411 g/mol. The lowest BCUT2D eigenvalue weighted by Crippen LogP contribution is -2.00. The maximum Gasteiger partial charge on any atom is 0.0788 e. The van der Waals surface area contributed by atoms with Crippen molar-refractivity contribution in [1.82, 2.24) is 9.13 Å². The molecule has 6 rings (SSSR count). The fraction of sp³-hybridized carbons (Fsp3) is 0. The molecule has 0 saturated carbocycles. The molecule has 0 unspecified atom stereocenters. The molecule has 32 heavy (non-hydrogen) atoms. The highest BCUT2D eigenvalue weighted by molar-refractivity contribution is 6.18. The molecule has 0 aliphatic rings. The number of hydrogen-bond donors (Lipinski definition) is 0. The summed E-state index contributed by atoms with van der Waals surface area (Å²) in [5.41, 5.74) is 7.99. The summed E-state index contributed by atoms with van der Waals surface area (Å²) in [4.78, 5) is 0. The fourth-order valence-electron chi connectivity index (χ4n) is 4.89. The zero-order valence-electron chi connectivity index (χ0n) is 17.7. The summed E-state index contributed by atoms with van der Waals surface area (Å²) < 4.78 is 4.68. The minimum absolute atomic E-state index is 1.08. The lowest BCUT2D eigenvalue weighted by atomic mass is 10.0. The molecular weight excluding hydrogens is 388 g/mol. The SMILES string of the molecule is C=Cc1cccc(-n2c3ccccc3c3ccc4ccn(-c5ccccc5)c4c32)c1C=C. The number of aromatic nitrogens is 2. The van der Waals surface area contributed by atoms with E-state index in [1.165, 1.54) is 32.7 Å². The smallest absolute Gasteiger partial charge is 0.0788 e. The van der Waals surface area contributed by atoms with Gasteiger partial charge in [-0.2, -0.15) is 0 Å². The highest BCUT2D eigenvalue weighted by Gasteiger charge is 2.19. The van der Waals surface area contributed by atoms with Crippen LogP contribution in [0.2, 0.25) is 0 Å². The third-order valence-electron chi connectivity index (χ3n) is 6.30. The van der Waals surface area contributed by atoms with E-state index < -0.39 is 0 Å². The largest absolute Gasteiger partial charge is 0.315 e. The van der Waals surface area contributed by atoms with Crippen LogP contribution in [0.1, 0.15) is 11.1 Å². The fourth-order valence-corrected chi connectivity index (χ4v) is 4.89. The van der Waals surface area contributed by atoms with Crippen LogP contribution in [-0.2, 0) is 0 Å². The Morgan fingerprint density at radius 3 is 2.25 bits per heavy atom. The molecule has 2 heteroatoms. The van der Waals surface area contributed by atoms with Crippen LogP contribution >= 0.6 is 0 Å². The molecule has 4 aromatic carbocycles. The van der Waals surface area contributed by atoms with Crippen LogP contribution in [0.5, 0.6) is 0 Å². The highest BCUT2D eigenvalue weighted by Crippen LogP contribution is 2.39. The summed E-state index contributed by atoms with van der Waals surface area (Å²) in [5, 5.41) is 3.69. The van der Waals surface area contributed by atoms with Crippen molar-refractivity contribution >= 4 is 44.9 Å². The summed E-state index contributed by atoms with van der Waals surface area (Å²) in [5.74, 6) is 0. The van der Waals surface area contributed by atoms with Gasteiger partial charge in [0.2, 0.25) is 0 Å². The van der Waals surface area contributed by atoms with Crippen molar-refractivity contribution in [3.8, 4) is 11.4 Å². The van der Waals surface area contributed by atoms with E-state index >= 15 is 0 Å². The van der Waals surface area contributed by atoms with Gasteiger partial charge in [-0.3, -0.25) is 0 Å². The molecule has 0 radical (unpaired) electrons. The van der Waals surface area contributed by atoms with Gasteiger partial charge in [0.15, 0.2) is 0 Å². The summed E-state index contributed by atoms with van der Waals surface area (Å²) in [7, 11) is 0. The molecule has 2 aromatic heterocycles. The topological polar surface area (TPSA) is 9.86 Å². The van der Waals surface area contributed by atoms with Gasteiger partial charge in [-0.1, -0.05) is 86.0 Å². The van der Waals surface area contributed by atoms with E-state index in [0.29, 0.717) is 0 Å². The number of nitrogens with zero attached hydrogens (tertiary/aromatic N) is 2. The quantitative estimate of drug-likeness (QED) is 0.278. The van der Waals surface area contributed by atoms with Gasteiger partial charge in [-0.25, -0.2) is 0 Å². The number of para-hydroxylation sites is 2. The second-order valence-electron chi connectivity index (χ2n) is 7.96. The normalized spacial score (nSPS) is 11.4. The minimum atomic E-state index is 1.08. The Morgan fingerprint density at radius 2 is 1.44 bits per heavy atom. The van der Waals surface area contributed by atoms with Crippen molar-refractivity contribution in [2.24, 2.45) is 0 Å². The number of rotatable bonds is 4. The van der Waals surface area contributed by atoms with Crippen LogP contribution < -0.4 is 0 Å². The van der Waals surface area contributed by atoms with E-state index in [4.69, 9.17) is 0 Å². The van der Waals surface area contributed by atoms with E-state index in [-0.39, 0.29) is 0 Å². The summed E-state index contributed by atoms with van der Waals surface area (Å²) in [6, 6.07) is 32.2. The van der Waals surface area contributed by atoms with Crippen LogP contribution in [0.25, 0.3) is 56.2 Å². The van der Waals surface area contributed by atoms with Crippen molar-refractivity contribution < 1.29 is 0 Å². The first-order chi connectivity index (χ1) is 15.8. The van der Waals surface area contributed by atoms with E-state index in [0.717, 1.165) is 22.5 Å². The van der Waals surface area contributed by atoms with E-state index in [1.807, 2.05) is 12.2 Å². The predicted octanol–water partition coefficient (Wildman–Crippen LogP) is 8.01.